The Balaban J connectivity index is 2.44. The van der Waals surface area contributed by atoms with Crippen LogP contribution in [-0.4, -0.2) is 58.0 Å². The third-order valence-electron chi connectivity index (χ3n) is 6.13. The van der Waals surface area contributed by atoms with E-state index in [9.17, 15) is 14.4 Å². The van der Waals surface area contributed by atoms with Crippen molar-refractivity contribution in [2.45, 2.75) is 109 Å². The smallest absolute Gasteiger partial charge is 0.408 e. The molecule has 3 amide bonds. The number of ether oxygens (including phenoxy) is 1. The molecule has 0 aliphatic heterocycles. The van der Waals surface area contributed by atoms with E-state index in [2.05, 4.69) is 10.6 Å². The zero-order valence-electron chi connectivity index (χ0n) is 23.1. The van der Waals surface area contributed by atoms with Crippen LogP contribution in [-0.2, 0) is 14.3 Å². The Morgan fingerprint density at radius 3 is 2.17 bits per heavy atom. The largest absolute Gasteiger partial charge is 0.444 e. The maximum Gasteiger partial charge on any atom is 0.408 e. The van der Waals surface area contributed by atoms with Gasteiger partial charge in [0.1, 0.15) is 17.7 Å². The number of hydrogen-bond donors (Lipinski definition) is 2. The van der Waals surface area contributed by atoms with Crippen molar-refractivity contribution in [1.29, 1.82) is 0 Å². The lowest BCUT2D eigenvalue weighted by atomic mass is 9.93. The molecule has 0 spiro atoms. The first-order chi connectivity index (χ1) is 16.8. The normalized spacial score (nSPS) is 16.5. The van der Waals surface area contributed by atoms with Crippen molar-refractivity contribution in [2.24, 2.45) is 0 Å². The number of rotatable bonds is 9. The first-order valence-electron chi connectivity index (χ1n) is 13.0. The van der Waals surface area contributed by atoms with E-state index in [1.807, 2.05) is 57.4 Å². The summed E-state index contributed by atoms with van der Waals surface area (Å²) in [6.07, 6.45) is 7.03. The van der Waals surface area contributed by atoms with Crippen LogP contribution in [0.4, 0.5) is 4.79 Å². The Morgan fingerprint density at radius 1 is 1.03 bits per heavy atom. The van der Waals surface area contributed by atoms with Crippen molar-refractivity contribution >= 4 is 29.7 Å². The van der Waals surface area contributed by atoms with Gasteiger partial charge < -0.3 is 20.3 Å². The zero-order valence-corrected chi connectivity index (χ0v) is 23.9. The summed E-state index contributed by atoms with van der Waals surface area (Å²) in [5, 5.41) is 6.02. The van der Waals surface area contributed by atoms with Gasteiger partial charge in [0.2, 0.25) is 11.8 Å². The number of carbonyl (C=O) groups is 3. The van der Waals surface area contributed by atoms with Crippen LogP contribution in [0.2, 0.25) is 0 Å². The highest BCUT2D eigenvalue weighted by atomic mass is 32.2. The van der Waals surface area contributed by atoms with Crippen LogP contribution in [0, 0.1) is 0 Å². The molecule has 0 heterocycles. The molecule has 2 unspecified atom stereocenters. The summed E-state index contributed by atoms with van der Waals surface area (Å²) in [6, 6.07) is 7.90. The van der Waals surface area contributed by atoms with E-state index in [0.717, 1.165) is 31.2 Å². The highest BCUT2D eigenvalue weighted by Crippen LogP contribution is 2.31. The average Bonchev–Trinajstić information content (AvgIpc) is 2.78. The van der Waals surface area contributed by atoms with E-state index in [1.165, 1.54) is 6.42 Å². The number of alkyl carbamates (subject to hydrolysis) is 1. The minimum Gasteiger partial charge on any atom is -0.444 e. The van der Waals surface area contributed by atoms with Gasteiger partial charge in [-0.2, -0.15) is 11.8 Å². The molecule has 2 N–H and O–H groups in total. The van der Waals surface area contributed by atoms with Gasteiger partial charge in [0.15, 0.2) is 0 Å². The Kier molecular flexibility index (Phi) is 11.1. The van der Waals surface area contributed by atoms with Crippen molar-refractivity contribution in [2.75, 3.05) is 12.0 Å². The van der Waals surface area contributed by atoms with Crippen LogP contribution in [0.5, 0.6) is 0 Å². The molecule has 1 aliphatic rings. The number of hydrogen-bond acceptors (Lipinski definition) is 5. The molecule has 0 saturated heterocycles. The van der Waals surface area contributed by atoms with Gasteiger partial charge in [0, 0.05) is 11.6 Å². The van der Waals surface area contributed by atoms with E-state index >= 15 is 0 Å². The van der Waals surface area contributed by atoms with Gasteiger partial charge in [0.05, 0.1) is 0 Å². The summed E-state index contributed by atoms with van der Waals surface area (Å²) >= 11 is 1.60. The molecule has 1 aliphatic carbocycles. The van der Waals surface area contributed by atoms with E-state index in [1.54, 1.807) is 37.4 Å². The molecular weight excluding hydrogens is 474 g/mol. The summed E-state index contributed by atoms with van der Waals surface area (Å²) < 4.78 is 5.45. The number of thioether (sulfide) groups is 1. The van der Waals surface area contributed by atoms with Gasteiger partial charge in [-0.3, -0.25) is 9.59 Å². The van der Waals surface area contributed by atoms with Crippen LogP contribution in [0.1, 0.15) is 91.7 Å². The highest BCUT2D eigenvalue weighted by Gasteiger charge is 2.42. The van der Waals surface area contributed by atoms with Crippen LogP contribution >= 0.6 is 11.8 Å². The topological polar surface area (TPSA) is 87.7 Å². The molecule has 0 bridgehead atoms. The molecule has 2 rings (SSSR count). The molecular formula is C28H45N3O4S. The molecule has 1 aromatic rings. The van der Waals surface area contributed by atoms with Gasteiger partial charge in [0.25, 0.3) is 0 Å². The van der Waals surface area contributed by atoms with Crippen molar-refractivity contribution in [1.82, 2.24) is 15.5 Å². The van der Waals surface area contributed by atoms with E-state index in [4.69, 9.17) is 4.74 Å². The number of nitrogens with one attached hydrogen (secondary N) is 2. The fraction of sp³-hybridized carbons (Fsp3) is 0.679. The lowest BCUT2D eigenvalue weighted by Gasteiger charge is -2.43. The quantitative estimate of drug-likeness (QED) is 0.453. The number of carbonyl (C=O) groups excluding carboxylic acids is 3. The molecule has 1 fully saturated rings. The zero-order chi connectivity index (χ0) is 26.9. The van der Waals surface area contributed by atoms with Crippen molar-refractivity contribution in [3.63, 3.8) is 0 Å². The van der Waals surface area contributed by atoms with Crippen molar-refractivity contribution < 1.29 is 19.1 Å². The molecule has 8 heteroatoms. The molecule has 1 saturated carbocycles. The van der Waals surface area contributed by atoms with Gasteiger partial charge in [-0.05, 0) is 78.4 Å². The number of amides is 3. The summed E-state index contributed by atoms with van der Waals surface area (Å²) in [4.78, 5) is 42.3. The summed E-state index contributed by atoms with van der Waals surface area (Å²) in [5.74, 6) is 0.196. The second kappa shape index (κ2) is 13.4. The van der Waals surface area contributed by atoms with Crippen LogP contribution in [0.3, 0.4) is 0 Å². The Morgan fingerprint density at radius 2 is 1.64 bits per heavy atom. The third-order valence-corrected chi connectivity index (χ3v) is 6.78. The summed E-state index contributed by atoms with van der Waals surface area (Å²) in [6.45, 7) is 11.1. The Hall–Kier alpha value is -2.22. The summed E-state index contributed by atoms with van der Waals surface area (Å²) in [7, 11) is 0. The number of benzene rings is 1. The van der Waals surface area contributed by atoms with Crippen molar-refractivity contribution in [3.8, 4) is 0 Å². The van der Waals surface area contributed by atoms with Crippen LogP contribution in [0.15, 0.2) is 30.3 Å². The Labute approximate surface area is 221 Å². The van der Waals surface area contributed by atoms with Crippen molar-refractivity contribution in [3.05, 3.63) is 35.9 Å². The van der Waals surface area contributed by atoms with Gasteiger partial charge >= 0.3 is 6.09 Å². The second-order valence-electron chi connectivity index (χ2n) is 11.5. The van der Waals surface area contributed by atoms with Gasteiger partial charge in [-0.15, -0.1) is 0 Å². The van der Waals surface area contributed by atoms with Crippen LogP contribution in [0.25, 0.3) is 0 Å². The Bertz CT molecular complexity index is 858. The minimum atomic E-state index is -0.821. The molecule has 1 aromatic carbocycles. The first-order valence-corrected chi connectivity index (χ1v) is 14.4. The maximum atomic E-state index is 14.2. The minimum absolute atomic E-state index is 0.113. The number of nitrogens with zero attached hydrogens (tertiary/aromatic N) is 1. The SMILES string of the molecule is CSCCC(NC(=O)OC(C)(C)C)C(=O)N(C(C(=O)NC1CCCCC1)c1ccccc1)C(C)(C)C. The first kappa shape index (κ1) is 30.0. The third kappa shape index (κ3) is 9.34. The molecule has 2 atom stereocenters. The van der Waals surface area contributed by atoms with Gasteiger partial charge in [-0.1, -0.05) is 49.6 Å². The molecule has 7 nitrogen and oxygen atoms in total. The van der Waals surface area contributed by atoms with E-state index in [0.29, 0.717) is 12.2 Å². The maximum absolute atomic E-state index is 14.2. The van der Waals surface area contributed by atoms with E-state index < -0.39 is 29.3 Å². The lowest BCUT2D eigenvalue weighted by Crippen LogP contribution is -2.59. The highest BCUT2D eigenvalue weighted by molar-refractivity contribution is 7.98. The molecule has 36 heavy (non-hydrogen) atoms. The second-order valence-corrected chi connectivity index (χ2v) is 12.5. The molecule has 202 valence electrons. The molecule has 0 aromatic heterocycles. The van der Waals surface area contributed by atoms with Crippen LogP contribution < -0.4 is 10.6 Å². The lowest BCUT2D eigenvalue weighted by molar-refractivity contribution is -0.148. The predicted octanol–water partition coefficient (Wildman–Crippen LogP) is 5.45. The fourth-order valence-corrected chi connectivity index (χ4v) is 5.01. The average molecular weight is 520 g/mol. The molecule has 0 radical (unpaired) electrons. The summed E-state index contributed by atoms with van der Waals surface area (Å²) in [5.41, 5.74) is -0.628. The van der Waals surface area contributed by atoms with Gasteiger partial charge in [-0.25, -0.2) is 4.79 Å². The predicted molar refractivity (Wildman–Crippen MR) is 147 cm³/mol. The monoisotopic (exact) mass is 519 g/mol. The fourth-order valence-electron chi connectivity index (χ4n) is 4.54. The van der Waals surface area contributed by atoms with E-state index in [-0.39, 0.29) is 17.9 Å². The standard InChI is InChI=1S/C28H45N3O4S/c1-27(2,3)31(25(33)22(18-19-36-7)30-26(34)35-28(4,5)6)23(20-14-10-8-11-15-20)24(32)29-21-16-12-9-13-17-21/h8,10-11,14-15,21-23H,9,12-13,16-19H2,1-7H3,(H,29,32)(H,30,34).